The van der Waals surface area contributed by atoms with Crippen LogP contribution in [0.15, 0.2) is 47.5 Å². The predicted molar refractivity (Wildman–Crippen MR) is 117 cm³/mol. The maximum absolute atomic E-state index is 12.4. The molecular formula is C24H29N3O2. The third kappa shape index (κ3) is 4.61. The van der Waals surface area contributed by atoms with Crippen LogP contribution in [0.25, 0.3) is 0 Å². The van der Waals surface area contributed by atoms with Crippen LogP contribution in [0.3, 0.4) is 0 Å². The van der Waals surface area contributed by atoms with Gasteiger partial charge in [0, 0.05) is 25.2 Å². The predicted octanol–water partition coefficient (Wildman–Crippen LogP) is 5.73. The van der Waals surface area contributed by atoms with E-state index in [2.05, 4.69) is 31.0 Å². The molecule has 1 amide bonds. The quantitative estimate of drug-likeness (QED) is 0.711. The molecule has 0 aromatic heterocycles. The number of anilines is 1. The maximum atomic E-state index is 12.4. The zero-order chi connectivity index (χ0) is 20.4. The number of fused-ring (bicyclic) bond motifs is 2. The minimum Gasteiger partial charge on any atom is -0.454 e. The molecule has 152 valence electrons. The molecule has 1 N–H and O–H groups in total. The summed E-state index contributed by atoms with van der Waals surface area (Å²) in [5.74, 6) is 2.47. The molecule has 2 heterocycles. The molecule has 29 heavy (non-hydrogen) atoms. The van der Waals surface area contributed by atoms with E-state index in [1.165, 1.54) is 19.3 Å². The van der Waals surface area contributed by atoms with Crippen LogP contribution >= 0.6 is 0 Å². The van der Waals surface area contributed by atoms with Gasteiger partial charge in [-0.05, 0) is 55.0 Å². The standard InChI is InChI=1S/C24H29N3O2/c1-24(2,3)16-22(28)25-17-11-12-20-18(15-17)23(27-13-7-4-8-14-27)26-19-9-5-6-10-21(19)29-20/h5-6,9-12,15H,4,7-8,13-14,16H2,1-3H3,(H,25,28). The topological polar surface area (TPSA) is 53.9 Å². The van der Waals surface area contributed by atoms with E-state index in [4.69, 9.17) is 9.73 Å². The lowest BCUT2D eigenvalue weighted by Crippen LogP contribution is -2.36. The summed E-state index contributed by atoms with van der Waals surface area (Å²) in [4.78, 5) is 19.8. The van der Waals surface area contributed by atoms with Crippen LogP contribution in [-0.4, -0.2) is 29.7 Å². The minimum absolute atomic E-state index is 0.0201. The Bertz CT molecular complexity index is 937. The van der Waals surface area contributed by atoms with Crippen LogP contribution in [0.1, 0.15) is 52.0 Å². The molecule has 4 rings (SSSR count). The second-order valence-electron chi connectivity index (χ2n) is 9.05. The molecule has 0 aliphatic carbocycles. The Morgan fingerprint density at radius 3 is 2.59 bits per heavy atom. The third-order valence-electron chi connectivity index (χ3n) is 5.16. The van der Waals surface area contributed by atoms with Crippen molar-refractivity contribution in [3.8, 4) is 11.5 Å². The van der Waals surface area contributed by atoms with Crippen molar-refractivity contribution < 1.29 is 9.53 Å². The molecule has 1 fully saturated rings. The number of carbonyl (C=O) groups is 1. The summed E-state index contributed by atoms with van der Waals surface area (Å²) in [5, 5.41) is 3.05. The van der Waals surface area contributed by atoms with Crippen LogP contribution in [0.2, 0.25) is 0 Å². The van der Waals surface area contributed by atoms with Gasteiger partial charge in [-0.25, -0.2) is 4.99 Å². The molecule has 0 saturated carbocycles. The zero-order valence-electron chi connectivity index (χ0n) is 17.5. The van der Waals surface area contributed by atoms with Gasteiger partial charge in [0.1, 0.15) is 17.3 Å². The van der Waals surface area contributed by atoms with Crippen molar-refractivity contribution in [2.75, 3.05) is 18.4 Å². The molecule has 0 radical (unpaired) electrons. The Hall–Kier alpha value is -2.82. The second kappa shape index (κ2) is 7.90. The number of carbonyl (C=O) groups excluding carboxylic acids is 1. The number of hydrogen-bond acceptors (Lipinski definition) is 4. The van der Waals surface area contributed by atoms with E-state index in [1.54, 1.807) is 0 Å². The van der Waals surface area contributed by atoms with Crippen molar-refractivity contribution >= 4 is 23.1 Å². The SMILES string of the molecule is CC(C)(C)CC(=O)Nc1ccc2c(c1)C(N1CCCCC1)=Nc1ccccc1O2. The number of aliphatic imine (C=N–C) groups is 1. The van der Waals surface area contributed by atoms with Gasteiger partial charge in [0.2, 0.25) is 5.91 Å². The van der Waals surface area contributed by atoms with Gasteiger partial charge in [0.15, 0.2) is 5.75 Å². The van der Waals surface area contributed by atoms with Crippen molar-refractivity contribution in [1.82, 2.24) is 4.90 Å². The number of nitrogens with zero attached hydrogens (tertiary/aromatic N) is 2. The largest absolute Gasteiger partial charge is 0.454 e. The van der Waals surface area contributed by atoms with E-state index < -0.39 is 0 Å². The van der Waals surface area contributed by atoms with E-state index in [-0.39, 0.29) is 11.3 Å². The number of nitrogens with one attached hydrogen (secondary N) is 1. The lowest BCUT2D eigenvalue weighted by Gasteiger charge is -2.30. The highest BCUT2D eigenvalue weighted by Crippen LogP contribution is 2.39. The van der Waals surface area contributed by atoms with Gasteiger partial charge in [-0.1, -0.05) is 32.9 Å². The molecular weight excluding hydrogens is 362 g/mol. The molecule has 0 unspecified atom stereocenters. The fourth-order valence-electron chi connectivity index (χ4n) is 3.83. The fraction of sp³-hybridized carbons (Fsp3) is 0.417. The molecule has 0 spiro atoms. The fourth-order valence-corrected chi connectivity index (χ4v) is 3.83. The number of para-hydroxylation sites is 2. The van der Waals surface area contributed by atoms with E-state index in [1.807, 2.05) is 42.5 Å². The third-order valence-corrected chi connectivity index (χ3v) is 5.16. The number of piperidine rings is 1. The molecule has 5 heteroatoms. The van der Waals surface area contributed by atoms with Crippen molar-refractivity contribution in [2.45, 2.75) is 46.5 Å². The average molecular weight is 392 g/mol. The van der Waals surface area contributed by atoms with Gasteiger partial charge in [-0.2, -0.15) is 0 Å². The average Bonchev–Trinajstić information content (AvgIpc) is 2.83. The lowest BCUT2D eigenvalue weighted by molar-refractivity contribution is -0.117. The number of benzene rings is 2. The summed E-state index contributed by atoms with van der Waals surface area (Å²) >= 11 is 0. The number of likely N-dealkylation sites (tertiary alicyclic amines) is 1. The van der Waals surface area contributed by atoms with Crippen LogP contribution in [0, 0.1) is 5.41 Å². The smallest absolute Gasteiger partial charge is 0.224 e. The molecule has 0 bridgehead atoms. The van der Waals surface area contributed by atoms with Crippen LogP contribution < -0.4 is 10.1 Å². The summed E-state index contributed by atoms with van der Waals surface area (Å²) in [7, 11) is 0. The molecule has 0 atom stereocenters. The minimum atomic E-state index is -0.0546. The normalized spacial score (nSPS) is 16.1. The van der Waals surface area contributed by atoms with Gasteiger partial charge in [0.25, 0.3) is 0 Å². The Kier molecular flexibility index (Phi) is 5.31. The first-order valence-electron chi connectivity index (χ1n) is 10.4. The number of hydrogen-bond donors (Lipinski definition) is 1. The highest BCUT2D eigenvalue weighted by Gasteiger charge is 2.25. The summed E-state index contributed by atoms with van der Waals surface area (Å²) < 4.78 is 6.21. The molecule has 5 nitrogen and oxygen atoms in total. The van der Waals surface area contributed by atoms with E-state index in [0.717, 1.165) is 47.4 Å². The number of amidine groups is 1. The summed E-state index contributed by atoms with van der Waals surface area (Å²) in [6.45, 7) is 8.17. The molecule has 2 aromatic carbocycles. The highest BCUT2D eigenvalue weighted by atomic mass is 16.5. The number of rotatable bonds is 2. The molecule has 2 aliphatic rings. The van der Waals surface area contributed by atoms with Crippen LogP contribution in [0.5, 0.6) is 11.5 Å². The van der Waals surface area contributed by atoms with Crippen molar-refractivity contribution in [2.24, 2.45) is 10.4 Å². The van der Waals surface area contributed by atoms with E-state index in [9.17, 15) is 4.79 Å². The first-order chi connectivity index (χ1) is 13.9. The van der Waals surface area contributed by atoms with Gasteiger partial charge in [-0.15, -0.1) is 0 Å². The summed E-state index contributed by atoms with van der Waals surface area (Å²) in [5.41, 5.74) is 2.48. The van der Waals surface area contributed by atoms with Crippen molar-refractivity contribution in [3.05, 3.63) is 48.0 Å². The second-order valence-corrected chi connectivity index (χ2v) is 9.05. The lowest BCUT2D eigenvalue weighted by atomic mass is 9.92. The summed E-state index contributed by atoms with van der Waals surface area (Å²) in [6, 6.07) is 13.7. The maximum Gasteiger partial charge on any atom is 0.224 e. The van der Waals surface area contributed by atoms with Gasteiger partial charge in [-0.3, -0.25) is 4.79 Å². The molecule has 1 saturated heterocycles. The Labute approximate surface area is 172 Å². The Morgan fingerprint density at radius 2 is 1.83 bits per heavy atom. The number of ether oxygens (including phenoxy) is 1. The Balaban J connectivity index is 1.71. The van der Waals surface area contributed by atoms with Gasteiger partial charge in [0.05, 0.1) is 5.56 Å². The molecule has 2 aromatic rings. The van der Waals surface area contributed by atoms with Gasteiger partial charge < -0.3 is 15.0 Å². The zero-order valence-corrected chi connectivity index (χ0v) is 17.5. The van der Waals surface area contributed by atoms with Crippen LogP contribution in [-0.2, 0) is 4.79 Å². The van der Waals surface area contributed by atoms with Gasteiger partial charge >= 0.3 is 0 Å². The first kappa shape index (κ1) is 19.5. The molecule has 2 aliphatic heterocycles. The Morgan fingerprint density at radius 1 is 1.07 bits per heavy atom. The van der Waals surface area contributed by atoms with Crippen molar-refractivity contribution in [3.63, 3.8) is 0 Å². The number of amides is 1. The van der Waals surface area contributed by atoms with Crippen molar-refractivity contribution in [1.29, 1.82) is 0 Å². The highest BCUT2D eigenvalue weighted by molar-refractivity contribution is 6.05. The van der Waals surface area contributed by atoms with Crippen LogP contribution in [0.4, 0.5) is 11.4 Å². The van der Waals surface area contributed by atoms with E-state index in [0.29, 0.717) is 6.42 Å². The summed E-state index contributed by atoms with van der Waals surface area (Å²) in [6.07, 6.45) is 4.06. The van der Waals surface area contributed by atoms with E-state index >= 15 is 0 Å². The first-order valence-corrected chi connectivity index (χ1v) is 10.4. The monoisotopic (exact) mass is 391 g/mol.